The molecule has 5 rings (SSSR count). The maximum absolute atomic E-state index is 14.1. The van der Waals surface area contributed by atoms with E-state index >= 15 is 0 Å². The molecule has 1 fully saturated rings. The van der Waals surface area contributed by atoms with Crippen LogP contribution in [0.2, 0.25) is 0 Å². The molecule has 10 heteroatoms. The fourth-order valence-electron chi connectivity index (χ4n) is 5.05. The summed E-state index contributed by atoms with van der Waals surface area (Å²) in [7, 11) is 2.96. The zero-order chi connectivity index (χ0) is 27.1. The molecule has 3 aromatic rings. The van der Waals surface area contributed by atoms with Crippen LogP contribution in [-0.2, 0) is 9.59 Å². The molecule has 2 aromatic carbocycles. The van der Waals surface area contributed by atoms with Crippen LogP contribution in [-0.4, -0.2) is 53.8 Å². The maximum Gasteiger partial charge on any atom is 0.282 e. The smallest absolute Gasteiger partial charge is 0.282 e. The number of nitrogens with zero attached hydrogens (tertiary/aromatic N) is 3. The number of aromatic nitrogens is 2. The summed E-state index contributed by atoms with van der Waals surface area (Å²) in [5.41, 5.74) is 1.09. The van der Waals surface area contributed by atoms with Gasteiger partial charge in [0.05, 0.1) is 36.7 Å². The van der Waals surface area contributed by atoms with E-state index < -0.39 is 23.2 Å². The fourth-order valence-corrected chi connectivity index (χ4v) is 5.05. The number of nitrogens with one attached hydrogen (secondary N) is 1. The Labute approximate surface area is 219 Å². The second-order valence-electron chi connectivity index (χ2n) is 9.57. The first-order valence-electron chi connectivity index (χ1n) is 12.5. The number of ether oxygens (including phenoxy) is 2. The van der Waals surface area contributed by atoms with Crippen LogP contribution in [0.5, 0.6) is 11.5 Å². The van der Waals surface area contributed by atoms with Gasteiger partial charge in [-0.2, -0.15) is 0 Å². The van der Waals surface area contributed by atoms with Crippen molar-refractivity contribution in [3.05, 3.63) is 75.6 Å². The van der Waals surface area contributed by atoms with Gasteiger partial charge in [0.25, 0.3) is 17.4 Å². The molecule has 1 aromatic heterocycles. The first-order chi connectivity index (χ1) is 18.3. The lowest BCUT2D eigenvalue weighted by Gasteiger charge is -2.21. The van der Waals surface area contributed by atoms with Crippen LogP contribution in [0, 0.1) is 5.82 Å². The van der Waals surface area contributed by atoms with Crippen molar-refractivity contribution in [3.63, 3.8) is 0 Å². The molecule has 0 unspecified atom stereocenters. The van der Waals surface area contributed by atoms with Crippen molar-refractivity contribution in [2.75, 3.05) is 32.2 Å². The van der Waals surface area contributed by atoms with Gasteiger partial charge in [-0.05, 0) is 55.2 Å². The molecule has 0 aliphatic carbocycles. The Morgan fingerprint density at radius 3 is 2.21 bits per heavy atom. The molecular formula is C28H29FN4O5. The van der Waals surface area contributed by atoms with Crippen molar-refractivity contribution < 1.29 is 23.5 Å². The molecule has 0 atom stereocenters. The largest absolute Gasteiger partial charge is 0.497 e. The Bertz CT molecular complexity index is 1500. The lowest BCUT2D eigenvalue weighted by Crippen LogP contribution is -2.34. The van der Waals surface area contributed by atoms with Crippen LogP contribution in [0.4, 0.5) is 10.1 Å². The summed E-state index contributed by atoms with van der Waals surface area (Å²) in [6.45, 7) is 4.98. The Hall–Kier alpha value is -4.34. The van der Waals surface area contributed by atoms with Gasteiger partial charge >= 0.3 is 0 Å². The highest BCUT2D eigenvalue weighted by Gasteiger charge is 2.46. The average Bonchev–Trinajstić information content (AvgIpc) is 3.61. The summed E-state index contributed by atoms with van der Waals surface area (Å²) in [5.74, 6) is -0.942. The number of halogens is 1. The Kier molecular flexibility index (Phi) is 6.56. The SMILES string of the molecule is COc1ccc(N2C(=O)C(c3c(C(C)C)[nH]n(-c4ccc(F)cc4)c3=O)=C(N3CCCC3)C2=O)c(OC)c1. The maximum atomic E-state index is 14.1. The van der Waals surface area contributed by atoms with E-state index in [1.807, 2.05) is 18.7 Å². The normalized spacial score (nSPS) is 15.8. The van der Waals surface area contributed by atoms with Gasteiger partial charge in [0.1, 0.15) is 23.0 Å². The number of benzene rings is 2. The number of hydrogen-bond donors (Lipinski definition) is 1. The van der Waals surface area contributed by atoms with E-state index in [4.69, 9.17) is 9.47 Å². The Morgan fingerprint density at radius 1 is 0.921 bits per heavy atom. The highest BCUT2D eigenvalue weighted by Crippen LogP contribution is 2.41. The third kappa shape index (κ3) is 4.06. The average molecular weight is 521 g/mol. The van der Waals surface area contributed by atoms with Crippen LogP contribution >= 0.6 is 0 Å². The van der Waals surface area contributed by atoms with Crippen molar-refractivity contribution in [3.8, 4) is 17.2 Å². The lowest BCUT2D eigenvalue weighted by molar-refractivity contribution is -0.120. The number of methoxy groups -OCH3 is 2. The first-order valence-corrected chi connectivity index (χ1v) is 12.5. The highest BCUT2D eigenvalue weighted by atomic mass is 19.1. The van der Waals surface area contributed by atoms with Crippen LogP contribution in [0.1, 0.15) is 43.9 Å². The molecule has 3 heterocycles. The molecule has 38 heavy (non-hydrogen) atoms. The number of aromatic amines is 1. The molecule has 2 aliphatic heterocycles. The third-order valence-corrected chi connectivity index (χ3v) is 6.94. The summed E-state index contributed by atoms with van der Waals surface area (Å²) in [5, 5.41) is 3.11. The molecule has 2 amide bonds. The van der Waals surface area contributed by atoms with Crippen molar-refractivity contribution in [1.82, 2.24) is 14.7 Å². The van der Waals surface area contributed by atoms with Gasteiger partial charge in [0.2, 0.25) is 0 Å². The molecule has 1 saturated heterocycles. The second-order valence-corrected chi connectivity index (χ2v) is 9.57. The van der Waals surface area contributed by atoms with Crippen molar-refractivity contribution in [1.29, 1.82) is 0 Å². The van der Waals surface area contributed by atoms with Gasteiger partial charge in [0.15, 0.2) is 0 Å². The zero-order valence-corrected chi connectivity index (χ0v) is 21.7. The van der Waals surface area contributed by atoms with E-state index in [0.29, 0.717) is 30.2 Å². The number of carbonyl (C=O) groups is 2. The number of imide groups is 1. The van der Waals surface area contributed by atoms with Crippen molar-refractivity contribution >= 4 is 23.1 Å². The minimum atomic E-state index is -0.607. The molecule has 198 valence electrons. The highest BCUT2D eigenvalue weighted by molar-refractivity contribution is 6.45. The second kappa shape index (κ2) is 9.85. The summed E-state index contributed by atoms with van der Waals surface area (Å²) in [6.07, 6.45) is 1.74. The molecule has 0 saturated carbocycles. The summed E-state index contributed by atoms with van der Waals surface area (Å²) < 4.78 is 25.6. The van der Waals surface area contributed by atoms with Gasteiger partial charge < -0.3 is 14.4 Å². The predicted octanol–water partition coefficient (Wildman–Crippen LogP) is 3.83. The lowest BCUT2D eigenvalue weighted by atomic mass is 9.98. The minimum absolute atomic E-state index is 0.0561. The number of rotatable bonds is 7. The van der Waals surface area contributed by atoms with Crippen molar-refractivity contribution in [2.45, 2.75) is 32.6 Å². The van der Waals surface area contributed by atoms with Crippen LogP contribution in [0.25, 0.3) is 11.3 Å². The van der Waals surface area contributed by atoms with Crippen LogP contribution in [0.3, 0.4) is 0 Å². The molecule has 0 spiro atoms. The fraction of sp³-hybridized carbons (Fsp3) is 0.321. The molecule has 0 radical (unpaired) electrons. The monoisotopic (exact) mass is 520 g/mol. The topological polar surface area (TPSA) is 96.9 Å². The van der Waals surface area contributed by atoms with Gasteiger partial charge in [0, 0.05) is 24.8 Å². The number of anilines is 1. The van der Waals surface area contributed by atoms with E-state index in [1.54, 1.807) is 18.2 Å². The number of H-pyrrole nitrogens is 1. The summed E-state index contributed by atoms with van der Waals surface area (Å²) in [6, 6.07) is 10.3. The van der Waals surface area contributed by atoms with Gasteiger partial charge in [-0.15, -0.1) is 0 Å². The van der Waals surface area contributed by atoms with Crippen LogP contribution < -0.4 is 19.9 Å². The van der Waals surface area contributed by atoms with E-state index in [-0.39, 0.29) is 34.2 Å². The molecule has 9 nitrogen and oxygen atoms in total. The van der Waals surface area contributed by atoms with Crippen LogP contribution in [0.15, 0.2) is 53.0 Å². The van der Waals surface area contributed by atoms with E-state index in [2.05, 4.69) is 5.10 Å². The molecular weight excluding hydrogens is 491 g/mol. The van der Waals surface area contributed by atoms with E-state index in [1.165, 1.54) is 43.2 Å². The first kappa shape index (κ1) is 25.3. The van der Waals surface area contributed by atoms with E-state index in [9.17, 15) is 18.8 Å². The summed E-state index contributed by atoms with van der Waals surface area (Å²) >= 11 is 0. The number of hydrogen-bond acceptors (Lipinski definition) is 6. The van der Waals surface area contributed by atoms with Gasteiger partial charge in [-0.3, -0.25) is 19.5 Å². The molecule has 0 bridgehead atoms. The van der Waals surface area contributed by atoms with Gasteiger partial charge in [-0.25, -0.2) is 14.0 Å². The predicted molar refractivity (Wildman–Crippen MR) is 140 cm³/mol. The third-order valence-electron chi connectivity index (χ3n) is 6.94. The Balaban J connectivity index is 1.73. The molecule has 2 aliphatic rings. The number of likely N-dealkylation sites (tertiary alicyclic amines) is 1. The zero-order valence-electron chi connectivity index (χ0n) is 21.7. The summed E-state index contributed by atoms with van der Waals surface area (Å²) in [4.78, 5) is 45.0. The number of carbonyl (C=O) groups excluding carboxylic acids is 2. The minimum Gasteiger partial charge on any atom is -0.497 e. The van der Waals surface area contributed by atoms with Gasteiger partial charge in [-0.1, -0.05) is 13.8 Å². The molecule has 1 N–H and O–H groups in total. The standard InChI is InChI=1S/C28H29FN4O5/c1-16(2)24-22(27(35)33(30-24)18-9-7-17(29)8-10-18)23-25(31-13-5-6-14-31)28(36)32(26(23)34)20-12-11-19(37-3)15-21(20)38-4/h7-12,15-16,30H,5-6,13-14H2,1-4H3. The quantitative estimate of drug-likeness (QED) is 0.476. The van der Waals surface area contributed by atoms with E-state index in [0.717, 1.165) is 17.7 Å². The number of amides is 2. The van der Waals surface area contributed by atoms with Crippen molar-refractivity contribution in [2.24, 2.45) is 0 Å². The Morgan fingerprint density at radius 2 is 1.61 bits per heavy atom.